The Hall–Kier alpha value is -1.31. The van der Waals surface area contributed by atoms with Gasteiger partial charge in [-0.05, 0) is 6.92 Å². The van der Waals surface area contributed by atoms with Crippen LogP contribution in [-0.4, -0.2) is 49.6 Å². The highest BCUT2D eigenvalue weighted by molar-refractivity contribution is 5.68. The van der Waals surface area contributed by atoms with E-state index in [1.165, 1.54) is 11.0 Å². The van der Waals surface area contributed by atoms with Gasteiger partial charge in [0.05, 0.1) is 6.10 Å². The van der Waals surface area contributed by atoms with E-state index in [1.54, 1.807) is 6.92 Å². The Bertz CT molecular complexity index is 367. The number of carbonyl (C=O) groups is 1. The average molecular weight is 213 g/mol. The largest absolute Gasteiger partial charge is 0.388 e. The molecule has 0 spiro atoms. The summed E-state index contributed by atoms with van der Waals surface area (Å²) in [5.74, 6) is 0.0137. The van der Waals surface area contributed by atoms with Crippen molar-refractivity contribution in [1.82, 2.24) is 14.8 Å². The fourth-order valence-corrected chi connectivity index (χ4v) is 1.51. The number of rotatable bonds is 2. The minimum Gasteiger partial charge on any atom is -0.388 e. The van der Waals surface area contributed by atoms with Gasteiger partial charge in [-0.3, -0.25) is 4.79 Å². The van der Waals surface area contributed by atoms with Crippen LogP contribution in [0.5, 0.6) is 0 Å². The van der Waals surface area contributed by atoms with Crippen molar-refractivity contribution in [2.45, 2.75) is 31.5 Å². The Morgan fingerprint density at radius 1 is 1.53 bits per heavy atom. The Labute approximate surface area is 85.3 Å². The summed E-state index contributed by atoms with van der Waals surface area (Å²) in [4.78, 5) is 14.0. The van der Waals surface area contributed by atoms with Gasteiger partial charge in [-0.2, -0.15) is 0 Å². The molecule has 0 radical (unpaired) electrons. The molecule has 15 heavy (non-hydrogen) atoms. The van der Waals surface area contributed by atoms with E-state index in [1.807, 2.05) is 0 Å². The van der Waals surface area contributed by atoms with E-state index in [2.05, 4.69) is 10.1 Å². The van der Waals surface area contributed by atoms with E-state index < -0.39 is 24.5 Å². The van der Waals surface area contributed by atoms with Crippen molar-refractivity contribution >= 4 is 6.29 Å². The molecule has 1 aliphatic rings. The average Bonchev–Trinajstić information content (AvgIpc) is 2.79. The van der Waals surface area contributed by atoms with E-state index in [4.69, 9.17) is 4.74 Å². The maximum atomic E-state index is 10.4. The first kappa shape index (κ1) is 10.2. The third-order valence-corrected chi connectivity index (χ3v) is 2.37. The van der Waals surface area contributed by atoms with Gasteiger partial charge in [0.15, 0.2) is 12.5 Å². The lowest BCUT2D eigenvalue weighted by molar-refractivity contribution is -0.0399. The third kappa shape index (κ3) is 1.65. The van der Waals surface area contributed by atoms with Gasteiger partial charge >= 0.3 is 0 Å². The van der Waals surface area contributed by atoms with Crippen LogP contribution in [0.25, 0.3) is 0 Å². The van der Waals surface area contributed by atoms with Crippen molar-refractivity contribution in [3.63, 3.8) is 0 Å². The first-order valence-corrected chi connectivity index (χ1v) is 4.51. The zero-order valence-electron chi connectivity index (χ0n) is 8.02. The molecule has 0 bridgehead atoms. The van der Waals surface area contributed by atoms with E-state index >= 15 is 0 Å². The van der Waals surface area contributed by atoms with Gasteiger partial charge in [0, 0.05) is 0 Å². The predicted octanol–water partition coefficient (Wildman–Crippen LogP) is -1.27. The summed E-state index contributed by atoms with van der Waals surface area (Å²) < 4.78 is 6.50. The lowest BCUT2D eigenvalue weighted by Gasteiger charge is -2.13. The second kappa shape index (κ2) is 3.69. The van der Waals surface area contributed by atoms with Crippen LogP contribution >= 0.6 is 0 Å². The van der Waals surface area contributed by atoms with Crippen LogP contribution in [0.2, 0.25) is 0 Å². The van der Waals surface area contributed by atoms with Gasteiger partial charge in [-0.1, -0.05) is 0 Å². The molecule has 0 aliphatic carbocycles. The maximum absolute atomic E-state index is 10.4. The minimum atomic E-state index is -1.07. The first-order valence-electron chi connectivity index (χ1n) is 4.51. The van der Waals surface area contributed by atoms with E-state index in [9.17, 15) is 15.0 Å². The number of aromatic nitrogens is 3. The molecular formula is C8H11N3O4. The molecule has 1 fully saturated rings. The highest BCUT2D eigenvalue weighted by Crippen LogP contribution is 2.27. The first-order chi connectivity index (χ1) is 7.13. The Morgan fingerprint density at radius 3 is 2.73 bits per heavy atom. The number of hydrogen-bond donors (Lipinski definition) is 2. The van der Waals surface area contributed by atoms with Crippen molar-refractivity contribution in [2.24, 2.45) is 0 Å². The zero-order chi connectivity index (χ0) is 11.0. The summed E-state index contributed by atoms with van der Waals surface area (Å²) in [6.45, 7) is 1.64. The fourth-order valence-electron chi connectivity index (χ4n) is 1.51. The Balaban J connectivity index is 2.21. The summed E-state index contributed by atoms with van der Waals surface area (Å²) in [7, 11) is 0. The van der Waals surface area contributed by atoms with Crippen LogP contribution in [0, 0.1) is 0 Å². The molecule has 0 amide bonds. The van der Waals surface area contributed by atoms with E-state index in [0.717, 1.165) is 0 Å². The summed E-state index contributed by atoms with van der Waals surface area (Å²) in [5, 5.41) is 22.8. The van der Waals surface area contributed by atoms with Crippen molar-refractivity contribution in [3.05, 3.63) is 12.2 Å². The normalized spacial score (nSPS) is 35.7. The van der Waals surface area contributed by atoms with Crippen LogP contribution < -0.4 is 0 Å². The second-order valence-electron chi connectivity index (χ2n) is 3.41. The lowest BCUT2D eigenvalue weighted by atomic mass is 10.1. The molecule has 82 valence electrons. The molecule has 7 nitrogen and oxygen atoms in total. The molecule has 1 aliphatic heterocycles. The maximum Gasteiger partial charge on any atom is 0.214 e. The number of hydrogen-bond acceptors (Lipinski definition) is 6. The molecule has 4 unspecified atom stereocenters. The Kier molecular flexibility index (Phi) is 2.51. The van der Waals surface area contributed by atoms with Crippen molar-refractivity contribution in [3.8, 4) is 0 Å². The molecule has 4 atom stereocenters. The number of nitrogens with zero attached hydrogens (tertiary/aromatic N) is 3. The molecule has 1 aromatic heterocycles. The summed E-state index contributed by atoms with van der Waals surface area (Å²) in [6.07, 6.45) is -1.52. The molecular weight excluding hydrogens is 202 g/mol. The Morgan fingerprint density at radius 2 is 2.27 bits per heavy atom. The predicted molar refractivity (Wildman–Crippen MR) is 47.0 cm³/mol. The molecule has 7 heteroatoms. The topological polar surface area (TPSA) is 97.5 Å². The minimum absolute atomic E-state index is 0.0137. The summed E-state index contributed by atoms with van der Waals surface area (Å²) in [5.41, 5.74) is 0. The lowest BCUT2D eigenvalue weighted by Crippen LogP contribution is -2.30. The number of aliphatic hydroxyl groups excluding tert-OH is 2. The molecule has 1 aromatic rings. The third-order valence-electron chi connectivity index (χ3n) is 2.37. The summed E-state index contributed by atoms with van der Waals surface area (Å²) in [6, 6.07) is 0. The highest BCUT2D eigenvalue weighted by Gasteiger charge is 2.41. The molecule has 0 aromatic carbocycles. The van der Waals surface area contributed by atoms with E-state index in [0.29, 0.717) is 6.29 Å². The zero-order valence-corrected chi connectivity index (χ0v) is 8.02. The number of carbonyl (C=O) groups excluding carboxylic acids is 1. The molecule has 2 N–H and O–H groups in total. The highest BCUT2D eigenvalue weighted by atomic mass is 16.6. The fraction of sp³-hybridized carbons (Fsp3) is 0.625. The van der Waals surface area contributed by atoms with Crippen LogP contribution in [0.1, 0.15) is 23.8 Å². The smallest absolute Gasteiger partial charge is 0.214 e. The van der Waals surface area contributed by atoms with Gasteiger partial charge in [0.1, 0.15) is 18.5 Å². The van der Waals surface area contributed by atoms with Gasteiger partial charge in [0.25, 0.3) is 0 Å². The van der Waals surface area contributed by atoms with Gasteiger partial charge in [-0.15, -0.1) is 5.10 Å². The van der Waals surface area contributed by atoms with Crippen LogP contribution in [0.15, 0.2) is 6.33 Å². The second-order valence-corrected chi connectivity index (χ2v) is 3.41. The quantitative estimate of drug-likeness (QED) is 0.594. The van der Waals surface area contributed by atoms with Crippen molar-refractivity contribution < 1.29 is 19.7 Å². The van der Waals surface area contributed by atoms with Gasteiger partial charge in [0.2, 0.25) is 5.82 Å². The van der Waals surface area contributed by atoms with Gasteiger partial charge in [-0.25, -0.2) is 9.67 Å². The number of aliphatic hydroxyl groups is 2. The number of ether oxygens (including phenoxy) is 1. The van der Waals surface area contributed by atoms with Crippen molar-refractivity contribution in [1.29, 1.82) is 0 Å². The van der Waals surface area contributed by atoms with Gasteiger partial charge < -0.3 is 14.9 Å². The molecule has 2 rings (SSSR count). The number of aldehydes is 1. The molecule has 2 heterocycles. The molecule has 1 saturated heterocycles. The standard InChI is InChI=1S/C8H11N3O4/c1-4-6(13)7(14)8(15-4)11-3-9-5(2-12)10-11/h2-4,6-8,13-14H,1H3. The molecule has 0 saturated carbocycles. The summed E-state index contributed by atoms with van der Waals surface area (Å²) >= 11 is 0. The van der Waals surface area contributed by atoms with Crippen LogP contribution in [-0.2, 0) is 4.74 Å². The van der Waals surface area contributed by atoms with E-state index in [-0.39, 0.29) is 5.82 Å². The monoisotopic (exact) mass is 213 g/mol. The van der Waals surface area contributed by atoms with Crippen LogP contribution in [0.4, 0.5) is 0 Å². The van der Waals surface area contributed by atoms with Crippen LogP contribution in [0.3, 0.4) is 0 Å². The SMILES string of the molecule is CC1OC(n2cnc(C=O)n2)C(O)C1O. The van der Waals surface area contributed by atoms with Crippen molar-refractivity contribution in [2.75, 3.05) is 0 Å².